The van der Waals surface area contributed by atoms with Gasteiger partial charge in [0.15, 0.2) is 6.29 Å². The molecule has 1 aliphatic rings. The van der Waals surface area contributed by atoms with Crippen molar-refractivity contribution in [3.05, 3.63) is 22.4 Å². The topological polar surface area (TPSA) is 47.6 Å². The molecule has 1 aromatic heterocycles. The molecule has 0 spiro atoms. The van der Waals surface area contributed by atoms with Crippen LogP contribution in [0, 0.1) is 0 Å². The summed E-state index contributed by atoms with van der Waals surface area (Å²) in [5.74, 6) is 0.0560. The van der Waals surface area contributed by atoms with Crippen molar-refractivity contribution in [3.63, 3.8) is 0 Å². The molecule has 0 aromatic carbocycles. The highest BCUT2D eigenvalue weighted by atomic mass is 32.1. The molecule has 88 valence electrons. The number of carbonyl (C=O) groups is 1. The molecule has 4 nitrogen and oxygen atoms in total. The van der Waals surface area contributed by atoms with E-state index < -0.39 is 0 Å². The van der Waals surface area contributed by atoms with Crippen LogP contribution in [0.2, 0.25) is 0 Å². The summed E-state index contributed by atoms with van der Waals surface area (Å²) in [6, 6.07) is 3.92. The minimum atomic E-state index is -0.137. The standard InChI is InChI=1S/C11H15NO3S/c13-10(8-9-2-1-7-16-9)12-4-3-11-14-5-6-15-11/h1-2,7,11H,3-6,8H2,(H,12,13). The number of rotatable bonds is 5. The Balaban J connectivity index is 1.60. The second-order valence-corrected chi connectivity index (χ2v) is 4.60. The fraction of sp³-hybridized carbons (Fsp3) is 0.545. The van der Waals surface area contributed by atoms with E-state index in [1.54, 1.807) is 11.3 Å². The van der Waals surface area contributed by atoms with Crippen molar-refractivity contribution in [2.24, 2.45) is 0 Å². The maximum atomic E-state index is 11.5. The van der Waals surface area contributed by atoms with Crippen molar-refractivity contribution in [2.45, 2.75) is 19.1 Å². The monoisotopic (exact) mass is 241 g/mol. The van der Waals surface area contributed by atoms with Crippen LogP contribution >= 0.6 is 11.3 Å². The Bertz CT molecular complexity index is 320. The van der Waals surface area contributed by atoms with Crippen LogP contribution in [-0.2, 0) is 20.7 Å². The zero-order valence-corrected chi connectivity index (χ0v) is 9.79. The molecule has 2 rings (SSSR count). The molecule has 1 N–H and O–H groups in total. The van der Waals surface area contributed by atoms with Crippen LogP contribution in [0.3, 0.4) is 0 Å². The minimum absolute atomic E-state index is 0.0560. The van der Waals surface area contributed by atoms with Crippen LogP contribution < -0.4 is 5.32 Å². The Morgan fingerprint density at radius 3 is 3.00 bits per heavy atom. The number of nitrogens with one attached hydrogen (secondary N) is 1. The first kappa shape index (κ1) is 11.6. The van der Waals surface area contributed by atoms with Gasteiger partial charge in [0.2, 0.25) is 5.91 Å². The smallest absolute Gasteiger partial charge is 0.225 e. The van der Waals surface area contributed by atoms with E-state index in [1.165, 1.54) is 0 Å². The van der Waals surface area contributed by atoms with Crippen LogP contribution in [0.1, 0.15) is 11.3 Å². The Morgan fingerprint density at radius 2 is 2.31 bits per heavy atom. The Labute approximate surface area is 98.6 Å². The zero-order valence-electron chi connectivity index (χ0n) is 8.98. The van der Waals surface area contributed by atoms with Crippen LogP contribution in [0.15, 0.2) is 17.5 Å². The Hall–Kier alpha value is -0.910. The summed E-state index contributed by atoms with van der Waals surface area (Å²) in [7, 11) is 0. The molecule has 0 bridgehead atoms. The Morgan fingerprint density at radius 1 is 1.50 bits per heavy atom. The third-order valence-corrected chi connectivity index (χ3v) is 3.18. The number of thiophene rings is 1. The van der Waals surface area contributed by atoms with Gasteiger partial charge in [-0.2, -0.15) is 0 Å². The molecule has 1 saturated heterocycles. The van der Waals surface area contributed by atoms with Crippen LogP contribution in [0.4, 0.5) is 0 Å². The van der Waals surface area contributed by atoms with Gasteiger partial charge in [-0.1, -0.05) is 6.07 Å². The molecule has 1 aromatic rings. The fourth-order valence-electron chi connectivity index (χ4n) is 1.54. The predicted octanol–water partition coefficient (Wildman–Crippen LogP) is 1.17. The summed E-state index contributed by atoms with van der Waals surface area (Å²) < 4.78 is 10.5. The maximum absolute atomic E-state index is 11.5. The van der Waals surface area contributed by atoms with E-state index in [-0.39, 0.29) is 12.2 Å². The lowest BCUT2D eigenvalue weighted by Crippen LogP contribution is -2.28. The highest BCUT2D eigenvalue weighted by molar-refractivity contribution is 7.10. The third-order valence-electron chi connectivity index (χ3n) is 2.31. The molecular formula is C11H15NO3S. The maximum Gasteiger partial charge on any atom is 0.225 e. The molecule has 0 atom stereocenters. The van der Waals surface area contributed by atoms with Gasteiger partial charge in [-0.15, -0.1) is 11.3 Å². The molecule has 0 radical (unpaired) electrons. The van der Waals surface area contributed by atoms with E-state index in [9.17, 15) is 4.79 Å². The summed E-state index contributed by atoms with van der Waals surface area (Å²) in [5.41, 5.74) is 0. The van der Waals surface area contributed by atoms with Crippen LogP contribution in [0.25, 0.3) is 0 Å². The molecule has 0 saturated carbocycles. The van der Waals surface area contributed by atoms with Crippen molar-refractivity contribution in [3.8, 4) is 0 Å². The van der Waals surface area contributed by atoms with Gasteiger partial charge in [0.05, 0.1) is 19.6 Å². The Kier molecular flexibility index (Phi) is 4.33. The van der Waals surface area contributed by atoms with E-state index in [2.05, 4.69) is 5.32 Å². The van der Waals surface area contributed by atoms with E-state index in [1.807, 2.05) is 17.5 Å². The highest BCUT2D eigenvalue weighted by Gasteiger charge is 2.15. The van der Waals surface area contributed by atoms with Crippen molar-refractivity contribution in [1.29, 1.82) is 0 Å². The lowest BCUT2D eigenvalue weighted by Gasteiger charge is -2.09. The molecular weight excluding hydrogens is 226 g/mol. The van der Waals surface area contributed by atoms with Crippen molar-refractivity contribution in [2.75, 3.05) is 19.8 Å². The van der Waals surface area contributed by atoms with Gasteiger partial charge in [-0.3, -0.25) is 4.79 Å². The fourth-order valence-corrected chi connectivity index (χ4v) is 2.24. The molecule has 2 heterocycles. The van der Waals surface area contributed by atoms with Gasteiger partial charge >= 0.3 is 0 Å². The average Bonchev–Trinajstić information content (AvgIpc) is 2.90. The number of amides is 1. The zero-order chi connectivity index (χ0) is 11.2. The molecule has 16 heavy (non-hydrogen) atoms. The summed E-state index contributed by atoms with van der Waals surface area (Å²) >= 11 is 1.60. The number of ether oxygens (including phenoxy) is 2. The first-order valence-corrected chi connectivity index (χ1v) is 6.25. The largest absolute Gasteiger partial charge is 0.356 e. The van der Waals surface area contributed by atoms with Crippen molar-refractivity contribution < 1.29 is 14.3 Å². The minimum Gasteiger partial charge on any atom is -0.356 e. The third kappa shape index (κ3) is 3.59. The van der Waals surface area contributed by atoms with Gasteiger partial charge in [0.25, 0.3) is 0 Å². The molecule has 1 aliphatic heterocycles. The molecule has 1 fully saturated rings. The highest BCUT2D eigenvalue weighted by Crippen LogP contribution is 2.09. The predicted molar refractivity (Wildman–Crippen MR) is 61.3 cm³/mol. The van der Waals surface area contributed by atoms with Crippen molar-refractivity contribution in [1.82, 2.24) is 5.32 Å². The average molecular weight is 241 g/mol. The second kappa shape index (κ2) is 5.98. The first-order valence-electron chi connectivity index (χ1n) is 5.37. The number of hydrogen-bond acceptors (Lipinski definition) is 4. The summed E-state index contributed by atoms with van der Waals surface area (Å²) in [4.78, 5) is 12.6. The van der Waals surface area contributed by atoms with Gasteiger partial charge in [-0.05, 0) is 11.4 Å². The molecule has 1 amide bonds. The molecule has 5 heteroatoms. The lowest BCUT2D eigenvalue weighted by atomic mass is 10.3. The van der Waals surface area contributed by atoms with Gasteiger partial charge in [-0.25, -0.2) is 0 Å². The lowest BCUT2D eigenvalue weighted by molar-refractivity contribution is -0.120. The summed E-state index contributed by atoms with van der Waals surface area (Å²) in [6.07, 6.45) is 1.04. The van der Waals surface area contributed by atoms with E-state index in [4.69, 9.17) is 9.47 Å². The van der Waals surface area contributed by atoms with E-state index >= 15 is 0 Å². The number of carbonyl (C=O) groups excluding carboxylic acids is 1. The van der Waals surface area contributed by atoms with E-state index in [0.29, 0.717) is 26.2 Å². The van der Waals surface area contributed by atoms with Crippen LogP contribution in [-0.4, -0.2) is 32.0 Å². The van der Waals surface area contributed by atoms with Crippen LogP contribution in [0.5, 0.6) is 0 Å². The summed E-state index contributed by atoms with van der Waals surface area (Å²) in [5, 5.41) is 4.83. The second-order valence-electron chi connectivity index (χ2n) is 3.57. The quantitative estimate of drug-likeness (QED) is 0.841. The van der Waals surface area contributed by atoms with Gasteiger partial charge in [0, 0.05) is 17.8 Å². The van der Waals surface area contributed by atoms with E-state index in [0.717, 1.165) is 11.3 Å². The normalized spacial score (nSPS) is 16.5. The SMILES string of the molecule is O=C(Cc1cccs1)NCCC1OCCO1. The number of hydrogen-bond donors (Lipinski definition) is 1. The van der Waals surface area contributed by atoms with Crippen molar-refractivity contribution >= 4 is 17.2 Å². The molecule has 0 unspecified atom stereocenters. The van der Waals surface area contributed by atoms with Gasteiger partial charge in [0.1, 0.15) is 0 Å². The first-order chi connectivity index (χ1) is 7.84. The molecule has 0 aliphatic carbocycles. The van der Waals surface area contributed by atoms with Gasteiger partial charge < -0.3 is 14.8 Å². The summed E-state index contributed by atoms with van der Waals surface area (Å²) in [6.45, 7) is 1.93.